The average molecular weight is 423 g/mol. The Hall–Kier alpha value is -1.65. The first-order valence-electron chi connectivity index (χ1n) is 11.8. The molecule has 0 unspecified atom stereocenters. The minimum Gasteiger partial charge on any atom is -0.435 e. The zero-order valence-electron chi connectivity index (χ0n) is 18.2. The Morgan fingerprint density at radius 3 is 2.03 bits per heavy atom. The number of ether oxygens (including phenoxy) is 2. The van der Waals surface area contributed by atoms with Crippen LogP contribution in [0.1, 0.15) is 84.0 Å². The van der Waals surface area contributed by atoms with Crippen LogP contribution in [0, 0.1) is 23.7 Å². The Labute approximate surface area is 179 Å². The number of carbonyl (C=O) groups excluding carboxylic acids is 1. The van der Waals surface area contributed by atoms with Crippen molar-refractivity contribution in [2.24, 2.45) is 23.7 Å². The van der Waals surface area contributed by atoms with Crippen molar-refractivity contribution >= 4 is 5.97 Å². The van der Waals surface area contributed by atoms with Crippen molar-refractivity contribution in [1.82, 2.24) is 0 Å². The molecule has 0 saturated heterocycles. The third-order valence-corrected chi connectivity index (χ3v) is 7.15. The van der Waals surface area contributed by atoms with Gasteiger partial charge in [0, 0.05) is 0 Å². The van der Waals surface area contributed by atoms with E-state index < -0.39 is 6.61 Å². The summed E-state index contributed by atoms with van der Waals surface area (Å²) in [4.78, 5) is 12.5. The van der Waals surface area contributed by atoms with Gasteiger partial charge in [-0.2, -0.15) is 8.78 Å². The number of carbonyl (C=O) groups is 1. The highest BCUT2D eigenvalue weighted by Gasteiger charge is 2.33. The lowest BCUT2D eigenvalue weighted by Crippen LogP contribution is -2.30. The van der Waals surface area contributed by atoms with Crippen molar-refractivity contribution in [2.45, 2.75) is 90.6 Å². The molecule has 0 aliphatic heterocycles. The second-order valence-corrected chi connectivity index (χ2v) is 9.16. The first-order valence-corrected chi connectivity index (χ1v) is 11.8. The topological polar surface area (TPSA) is 35.5 Å². The van der Waals surface area contributed by atoms with Gasteiger partial charge in [-0.15, -0.1) is 0 Å². The molecule has 0 amide bonds. The molecule has 0 aromatic heterocycles. The molecule has 0 radical (unpaired) electrons. The molecule has 3 nitrogen and oxygen atoms in total. The molecule has 30 heavy (non-hydrogen) atoms. The van der Waals surface area contributed by atoms with Crippen LogP contribution in [0.3, 0.4) is 0 Å². The van der Waals surface area contributed by atoms with Crippen molar-refractivity contribution in [3.8, 4) is 11.5 Å². The zero-order valence-corrected chi connectivity index (χ0v) is 18.2. The summed E-state index contributed by atoms with van der Waals surface area (Å²) in [6, 6.07) is 5.79. The number of benzene rings is 1. The smallest absolute Gasteiger partial charge is 0.387 e. The average Bonchev–Trinajstić information content (AvgIpc) is 2.75. The summed E-state index contributed by atoms with van der Waals surface area (Å²) in [7, 11) is 0. The van der Waals surface area contributed by atoms with Crippen molar-refractivity contribution in [3.05, 3.63) is 24.3 Å². The Morgan fingerprint density at radius 1 is 0.900 bits per heavy atom. The molecular formula is C25H36F2O3. The molecule has 0 heterocycles. The molecule has 0 spiro atoms. The Bertz CT molecular complexity index is 630. The summed E-state index contributed by atoms with van der Waals surface area (Å²) >= 11 is 0. The number of esters is 1. The molecule has 5 heteroatoms. The van der Waals surface area contributed by atoms with E-state index in [0.29, 0.717) is 5.75 Å². The van der Waals surface area contributed by atoms with Gasteiger partial charge in [0.15, 0.2) is 0 Å². The highest BCUT2D eigenvalue weighted by Crippen LogP contribution is 2.42. The van der Waals surface area contributed by atoms with Gasteiger partial charge >= 0.3 is 12.6 Å². The van der Waals surface area contributed by atoms with Crippen LogP contribution in [-0.2, 0) is 4.79 Å². The van der Waals surface area contributed by atoms with E-state index >= 15 is 0 Å². The van der Waals surface area contributed by atoms with E-state index in [1.807, 2.05) is 0 Å². The first-order chi connectivity index (χ1) is 14.5. The van der Waals surface area contributed by atoms with E-state index in [1.165, 1.54) is 75.6 Å². The van der Waals surface area contributed by atoms with Gasteiger partial charge in [0.1, 0.15) is 11.5 Å². The predicted molar refractivity (Wildman–Crippen MR) is 114 cm³/mol. The minimum atomic E-state index is -2.86. The van der Waals surface area contributed by atoms with Gasteiger partial charge in [0.25, 0.3) is 0 Å². The number of hydrogen-bond acceptors (Lipinski definition) is 3. The normalized spacial score (nSPS) is 27.1. The fraction of sp³-hybridized carbons (Fsp3) is 0.720. The van der Waals surface area contributed by atoms with Gasteiger partial charge in [-0.3, -0.25) is 4.79 Å². The second-order valence-electron chi connectivity index (χ2n) is 9.16. The van der Waals surface area contributed by atoms with Crippen LogP contribution in [0.5, 0.6) is 11.5 Å². The Balaban J connectivity index is 1.37. The van der Waals surface area contributed by atoms with Crippen molar-refractivity contribution in [2.75, 3.05) is 0 Å². The molecule has 1 aromatic rings. The van der Waals surface area contributed by atoms with Crippen LogP contribution >= 0.6 is 0 Å². The van der Waals surface area contributed by atoms with E-state index in [4.69, 9.17) is 4.74 Å². The molecular weight excluding hydrogens is 386 g/mol. The number of hydrogen-bond donors (Lipinski definition) is 0. The van der Waals surface area contributed by atoms with Crippen LogP contribution in [0.4, 0.5) is 8.78 Å². The molecule has 0 N–H and O–H groups in total. The van der Waals surface area contributed by atoms with Gasteiger partial charge in [-0.05, 0) is 80.5 Å². The van der Waals surface area contributed by atoms with Gasteiger partial charge in [-0.1, -0.05) is 45.4 Å². The van der Waals surface area contributed by atoms with E-state index in [9.17, 15) is 13.6 Å². The largest absolute Gasteiger partial charge is 0.435 e. The fourth-order valence-corrected chi connectivity index (χ4v) is 5.35. The maximum Gasteiger partial charge on any atom is 0.387 e. The van der Waals surface area contributed by atoms with E-state index in [2.05, 4.69) is 11.7 Å². The van der Waals surface area contributed by atoms with E-state index in [-0.39, 0.29) is 17.6 Å². The molecule has 1 aromatic carbocycles. The van der Waals surface area contributed by atoms with Gasteiger partial charge in [-0.25, -0.2) is 0 Å². The fourth-order valence-electron chi connectivity index (χ4n) is 5.35. The van der Waals surface area contributed by atoms with Gasteiger partial charge in [0.2, 0.25) is 0 Å². The summed E-state index contributed by atoms with van der Waals surface area (Å²) < 4.78 is 34.2. The molecule has 2 fully saturated rings. The van der Waals surface area contributed by atoms with Crippen molar-refractivity contribution < 1.29 is 23.0 Å². The lowest BCUT2D eigenvalue weighted by atomic mass is 9.68. The molecule has 3 rings (SSSR count). The summed E-state index contributed by atoms with van der Waals surface area (Å²) in [6.07, 6.45) is 15.0. The summed E-state index contributed by atoms with van der Waals surface area (Å²) in [6.45, 7) is -0.588. The van der Waals surface area contributed by atoms with Gasteiger partial charge in [0.05, 0.1) is 5.92 Å². The Morgan fingerprint density at radius 2 is 1.47 bits per heavy atom. The second kappa shape index (κ2) is 11.7. The minimum absolute atomic E-state index is 0.0522. The van der Waals surface area contributed by atoms with Crippen LogP contribution in [0.15, 0.2) is 24.3 Å². The maximum absolute atomic E-state index is 12.5. The monoisotopic (exact) mass is 422 g/mol. The van der Waals surface area contributed by atoms with E-state index in [1.54, 1.807) is 0 Å². The standard InChI is InChI=1S/C25H36F2O3/c1-2-3-4-5-18-6-8-19(9-7-18)20-10-12-21(13-11-20)24(28)29-22-14-16-23(17-15-22)30-25(26)27/h14-21,25H,2-13H2,1H3. The molecule has 2 aliphatic carbocycles. The SMILES string of the molecule is CCCCCC1CCC(C2CCC(C(=O)Oc3ccc(OC(F)F)cc3)CC2)CC1. The maximum atomic E-state index is 12.5. The molecule has 2 saturated carbocycles. The lowest BCUT2D eigenvalue weighted by Gasteiger charge is -2.37. The van der Waals surface area contributed by atoms with Crippen molar-refractivity contribution in [1.29, 1.82) is 0 Å². The number of halogens is 2. The lowest BCUT2D eigenvalue weighted by molar-refractivity contribution is -0.140. The zero-order chi connectivity index (χ0) is 21.3. The number of unbranched alkanes of at least 4 members (excludes halogenated alkanes) is 2. The molecule has 168 valence electrons. The van der Waals surface area contributed by atoms with Crippen LogP contribution in [0.25, 0.3) is 0 Å². The third kappa shape index (κ3) is 6.95. The van der Waals surface area contributed by atoms with Crippen LogP contribution in [-0.4, -0.2) is 12.6 Å². The van der Waals surface area contributed by atoms with Crippen LogP contribution in [0.2, 0.25) is 0 Å². The summed E-state index contributed by atoms with van der Waals surface area (Å²) in [5.74, 6) is 2.73. The molecule has 0 bridgehead atoms. The number of alkyl halides is 2. The summed E-state index contributed by atoms with van der Waals surface area (Å²) in [5.41, 5.74) is 0. The molecule has 0 atom stereocenters. The first kappa shape index (κ1) is 23.0. The highest BCUT2D eigenvalue weighted by molar-refractivity contribution is 5.75. The van der Waals surface area contributed by atoms with E-state index in [0.717, 1.165) is 43.4 Å². The molecule has 2 aliphatic rings. The van der Waals surface area contributed by atoms with Gasteiger partial charge < -0.3 is 9.47 Å². The van der Waals surface area contributed by atoms with Crippen LogP contribution < -0.4 is 9.47 Å². The van der Waals surface area contributed by atoms with Crippen molar-refractivity contribution in [3.63, 3.8) is 0 Å². The third-order valence-electron chi connectivity index (χ3n) is 7.15. The summed E-state index contributed by atoms with van der Waals surface area (Å²) in [5, 5.41) is 0. The Kier molecular flexibility index (Phi) is 8.95. The number of rotatable bonds is 9. The quantitative estimate of drug-likeness (QED) is 0.236. The highest BCUT2D eigenvalue weighted by atomic mass is 19.3. The predicted octanol–water partition coefficient (Wildman–Crippen LogP) is 7.39.